The highest BCUT2D eigenvalue weighted by molar-refractivity contribution is 6.30. The van der Waals surface area contributed by atoms with Gasteiger partial charge in [0.25, 0.3) is 0 Å². The fraction of sp³-hybridized carbons (Fsp3) is 0.600. The van der Waals surface area contributed by atoms with Crippen molar-refractivity contribution in [2.24, 2.45) is 5.92 Å². The van der Waals surface area contributed by atoms with Gasteiger partial charge in [0.1, 0.15) is 0 Å². The van der Waals surface area contributed by atoms with E-state index in [9.17, 15) is 5.11 Å². The minimum atomic E-state index is 0.156. The predicted octanol–water partition coefficient (Wildman–Crippen LogP) is 2.96. The number of phenols is 1. The molecule has 1 fully saturated rings. The predicted molar refractivity (Wildman–Crippen MR) is 79.5 cm³/mol. The van der Waals surface area contributed by atoms with Crippen LogP contribution in [-0.2, 0) is 11.3 Å². The number of ether oxygens (including phenoxy) is 2. The molecule has 1 atom stereocenters. The fourth-order valence-corrected chi connectivity index (χ4v) is 2.80. The lowest BCUT2D eigenvalue weighted by Crippen LogP contribution is -2.36. The Hall–Kier alpha value is -0.970. The van der Waals surface area contributed by atoms with Crippen LogP contribution in [0.1, 0.15) is 25.3 Å². The molecule has 20 heavy (non-hydrogen) atoms. The molecule has 0 bridgehead atoms. The van der Waals surface area contributed by atoms with E-state index in [0.29, 0.717) is 29.3 Å². The number of halogens is 1. The molecule has 1 aliphatic rings. The lowest BCUT2D eigenvalue weighted by molar-refractivity contribution is 0.0557. The summed E-state index contributed by atoms with van der Waals surface area (Å²) in [5, 5.41) is 14.1. The van der Waals surface area contributed by atoms with Crippen molar-refractivity contribution in [3.05, 3.63) is 22.7 Å². The molecule has 0 aromatic heterocycles. The van der Waals surface area contributed by atoms with Crippen LogP contribution in [0.15, 0.2) is 12.1 Å². The topological polar surface area (TPSA) is 50.7 Å². The van der Waals surface area contributed by atoms with Crippen molar-refractivity contribution in [3.8, 4) is 11.5 Å². The molecule has 0 saturated carbocycles. The maximum Gasteiger partial charge on any atom is 0.162 e. The molecule has 4 nitrogen and oxygen atoms in total. The lowest BCUT2D eigenvalue weighted by atomic mass is 9.93. The van der Waals surface area contributed by atoms with Gasteiger partial charge in [-0.3, -0.25) is 0 Å². The Morgan fingerprint density at radius 3 is 2.80 bits per heavy atom. The van der Waals surface area contributed by atoms with Crippen LogP contribution in [0, 0.1) is 5.92 Å². The number of aromatic hydroxyl groups is 1. The van der Waals surface area contributed by atoms with Crippen molar-refractivity contribution in [3.63, 3.8) is 0 Å². The normalized spacial score (nSPS) is 17.9. The Balaban J connectivity index is 1.97. The molecule has 2 N–H and O–H groups in total. The third-order valence-corrected chi connectivity index (χ3v) is 4.14. The summed E-state index contributed by atoms with van der Waals surface area (Å²) in [7, 11) is 1.52. The molecular formula is C15H22ClNO3. The first-order chi connectivity index (χ1) is 9.61. The van der Waals surface area contributed by atoms with Crippen LogP contribution in [-0.4, -0.2) is 31.5 Å². The van der Waals surface area contributed by atoms with Crippen LogP contribution in [0.25, 0.3) is 0 Å². The van der Waals surface area contributed by atoms with Crippen LogP contribution in [0.2, 0.25) is 5.02 Å². The standard InChI is InChI=1S/C15H22ClNO3/c1-10(11-3-5-20-6-4-11)17-9-12-7-13(16)8-14(19-2)15(12)18/h7-8,10-11,17-18H,3-6,9H2,1-2H3. The average molecular weight is 300 g/mol. The van der Waals surface area contributed by atoms with Crippen molar-refractivity contribution in [1.82, 2.24) is 5.32 Å². The fourth-order valence-electron chi connectivity index (χ4n) is 2.57. The molecular weight excluding hydrogens is 278 g/mol. The second-order valence-corrected chi connectivity index (χ2v) is 5.67. The summed E-state index contributed by atoms with van der Waals surface area (Å²) in [6.07, 6.45) is 2.16. The third kappa shape index (κ3) is 3.78. The molecule has 1 saturated heterocycles. The number of hydrogen-bond acceptors (Lipinski definition) is 4. The van der Waals surface area contributed by atoms with Gasteiger partial charge >= 0.3 is 0 Å². The Morgan fingerprint density at radius 1 is 1.45 bits per heavy atom. The zero-order valence-corrected chi connectivity index (χ0v) is 12.7. The Kier molecular flexibility index (Phi) is 5.52. The smallest absolute Gasteiger partial charge is 0.162 e. The zero-order valence-electron chi connectivity index (χ0n) is 12.0. The highest BCUT2D eigenvalue weighted by atomic mass is 35.5. The maximum atomic E-state index is 10.1. The van der Waals surface area contributed by atoms with E-state index in [4.69, 9.17) is 21.1 Å². The van der Waals surface area contributed by atoms with E-state index in [-0.39, 0.29) is 5.75 Å². The van der Waals surface area contributed by atoms with Crippen molar-refractivity contribution >= 4 is 11.6 Å². The van der Waals surface area contributed by atoms with Gasteiger partial charge in [-0.2, -0.15) is 0 Å². The van der Waals surface area contributed by atoms with E-state index in [1.807, 2.05) is 0 Å². The molecule has 1 aromatic rings. The van der Waals surface area contributed by atoms with Gasteiger partial charge in [-0.1, -0.05) is 11.6 Å². The number of nitrogens with one attached hydrogen (secondary N) is 1. The number of methoxy groups -OCH3 is 1. The molecule has 5 heteroatoms. The summed E-state index contributed by atoms with van der Waals surface area (Å²) >= 11 is 6.03. The van der Waals surface area contributed by atoms with Crippen LogP contribution >= 0.6 is 11.6 Å². The van der Waals surface area contributed by atoms with E-state index in [1.165, 1.54) is 7.11 Å². The minimum absolute atomic E-state index is 0.156. The first-order valence-electron chi connectivity index (χ1n) is 6.98. The van der Waals surface area contributed by atoms with E-state index in [1.54, 1.807) is 12.1 Å². The molecule has 1 unspecified atom stereocenters. The first-order valence-corrected chi connectivity index (χ1v) is 7.36. The largest absolute Gasteiger partial charge is 0.504 e. The molecule has 1 aromatic carbocycles. The van der Waals surface area contributed by atoms with E-state index in [0.717, 1.165) is 31.6 Å². The van der Waals surface area contributed by atoms with Crippen LogP contribution in [0.3, 0.4) is 0 Å². The van der Waals surface area contributed by atoms with Crippen molar-refractivity contribution in [1.29, 1.82) is 0 Å². The van der Waals surface area contributed by atoms with Gasteiger partial charge < -0.3 is 19.9 Å². The second-order valence-electron chi connectivity index (χ2n) is 5.24. The van der Waals surface area contributed by atoms with Gasteiger partial charge in [0.2, 0.25) is 0 Å². The summed E-state index contributed by atoms with van der Waals surface area (Å²) in [6.45, 7) is 4.43. The second kappa shape index (κ2) is 7.16. The molecule has 0 spiro atoms. The van der Waals surface area contributed by atoms with Crippen molar-refractivity contribution in [2.45, 2.75) is 32.4 Å². The number of benzene rings is 1. The third-order valence-electron chi connectivity index (χ3n) is 3.93. The minimum Gasteiger partial charge on any atom is -0.504 e. The SMILES string of the molecule is COc1cc(Cl)cc(CNC(C)C2CCOCC2)c1O. The quantitative estimate of drug-likeness (QED) is 0.878. The van der Waals surface area contributed by atoms with Crippen LogP contribution in [0.5, 0.6) is 11.5 Å². The van der Waals surface area contributed by atoms with Crippen molar-refractivity contribution < 1.29 is 14.6 Å². The van der Waals surface area contributed by atoms with Crippen LogP contribution in [0.4, 0.5) is 0 Å². The van der Waals surface area contributed by atoms with Crippen molar-refractivity contribution in [2.75, 3.05) is 20.3 Å². The first kappa shape index (κ1) is 15.4. The van der Waals surface area contributed by atoms with E-state index < -0.39 is 0 Å². The lowest BCUT2D eigenvalue weighted by Gasteiger charge is -2.28. The summed E-state index contributed by atoms with van der Waals surface area (Å²) in [5.41, 5.74) is 0.758. The Morgan fingerprint density at radius 2 is 2.15 bits per heavy atom. The monoisotopic (exact) mass is 299 g/mol. The molecule has 0 aliphatic carbocycles. The Bertz CT molecular complexity index is 447. The Labute approximate surface area is 125 Å². The summed E-state index contributed by atoms with van der Waals surface area (Å²) < 4.78 is 10.5. The molecule has 2 rings (SSSR count). The number of phenolic OH excluding ortho intramolecular Hbond substituents is 1. The molecule has 112 valence electrons. The maximum absolute atomic E-state index is 10.1. The zero-order chi connectivity index (χ0) is 14.5. The summed E-state index contributed by atoms with van der Waals surface area (Å²) in [6, 6.07) is 3.76. The average Bonchev–Trinajstić information content (AvgIpc) is 2.48. The van der Waals surface area contributed by atoms with Crippen LogP contribution < -0.4 is 10.1 Å². The van der Waals surface area contributed by atoms with Gasteiger partial charge in [0.15, 0.2) is 11.5 Å². The van der Waals surface area contributed by atoms with E-state index in [2.05, 4.69) is 12.2 Å². The van der Waals surface area contributed by atoms with E-state index >= 15 is 0 Å². The highest BCUT2D eigenvalue weighted by Gasteiger charge is 2.20. The van der Waals surface area contributed by atoms with Gasteiger partial charge in [-0.05, 0) is 31.7 Å². The molecule has 0 radical (unpaired) electrons. The van der Waals surface area contributed by atoms with Gasteiger partial charge in [0, 0.05) is 42.5 Å². The van der Waals surface area contributed by atoms with Gasteiger partial charge in [-0.15, -0.1) is 0 Å². The van der Waals surface area contributed by atoms with Gasteiger partial charge in [0.05, 0.1) is 7.11 Å². The number of hydrogen-bond donors (Lipinski definition) is 2. The molecule has 1 aliphatic heterocycles. The van der Waals surface area contributed by atoms with Gasteiger partial charge in [-0.25, -0.2) is 0 Å². The summed E-state index contributed by atoms with van der Waals surface area (Å²) in [4.78, 5) is 0. The highest BCUT2D eigenvalue weighted by Crippen LogP contribution is 2.33. The molecule has 0 amide bonds. The molecule has 1 heterocycles. The summed E-state index contributed by atoms with van der Waals surface area (Å²) in [5.74, 6) is 1.18. The number of rotatable bonds is 5.